The van der Waals surface area contributed by atoms with Crippen molar-refractivity contribution in [3.05, 3.63) is 35.4 Å². The molecule has 0 saturated heterocycles. The number of nitrogens with two attached hydrogens (primary N) is 1. The maximum absolute atomic E-state index is 6.17. The minimum absolute atomic E-state index is 0.0370. The summed E-state index contributed by atoms with van der Waals surface area (Å²) in [5, 5.41) is 0. The zero-order valence-corrected chi connectivity index (χ0v) is 9.28. The van der Waals surface area contributed by atoms with Crippen molar-refractivity contribution in [3.63, 3.8) is 0 Å². The van der Waals surface area contributed by atoms with E-state index in [9.17, 15) is 0 Å². The van der Waals surface area contributed by atoms with Crippen LogP contribution in [0.5, 0.6) is 0 Å². The molecular formula is C13H16N2O. The molecule has 0 unspecified atom stereocenters. The normalized spacial score (nSPS) is 21.4. The quantitative estimate of drug-likeness (QED) is 0.832. The zero-order valence-electron chi connectivity index (χ0n) is 9.28. The van der Waals surface area contributed by atoms with E-state index in [0.717, 1.165) is 37.3 Å². The minimum atomic E-state index is 0.0370. The molecule has 1 heterocycles. The summed E-state index contributed by atoms with van der Waals surface area (Å²) < 4.78 is 5.52. The fourth-order valence-corrected chi connectivity index (χ4v) is 2.10. The number of aliphatic imine (C=N–C) groups is 1. The molecule has 1 aliphatic carbocycles. The van der Waals surface area contributed by atoms with Crippen molar-refractivity contribution in [1.29, 1.82) is 0 Å². The van der Waals surface area contributed by atoms with Crippen LogP contribution < -0.4 is 5.73 Å². The molecule has 3 heteroatoms. The van der Waals surface area contributed by atoms with E-state index in [1.54, 1.807) is 0 Å². The summed E-state index contributed by atoms with van der Waals surface area (Å²) in [6, 6.07) is 8.29. The molecule has 0 radical (unpaired) electrons. The molecule has 84 valence electrons. The van der Waals surface area contributed by atoms with Gasteiger partial charge in [0.1, 0.15) is 6.61 Å². The summed E-state index contributed by atoms with van der Waals surface area (Å²) in [6.07, 6.45) is 3.20. The van der Waals surface area contributed by atoms with Gasteiger partial charge in [0.05, 0.1) is 6.54 Å². The largest absolute Gasteiger partial charge is 0.476 e. The van der Waals surface area contributed by atoms with Gasteiger partial charge in [0.25, 0.3) is 0 Å². The second-order valence-corrected chi connectivity index (χ2v) is 4.73. The first-order valence-corrected chi connectivity index (χ1v) is 5.81. The number of rotatable bonds is 3. The Morgan fingerprint density at radius 2 is 2.12 bits per heavy atom. The average Bonchev–Trinajstić information content (AvgIpc) is 2.83. The third-order valence-corrected chi connectivity index (χ3v) is 3.27. The highest BCUT2D eigenvalue weighted by Crippen LogP contribution is 2.36. The molecule has 1 aliphatic heterocycles. The standard InChI is InChI=1S/C13H16N2O/c14-13(5-6-13)9-10-3-1-2-4-11(10)12-15-7-8-16-12/h1-4H,5-9,14H2. The fourth-order valence-electron chi connectivity index (χ4n) is 2.10. The van der Waals surface area contributed by atoms with Crippen molar-refractivity contribution < 1.29 is 4.74 Å². The van der Waals surface area contributed by atoms with Crippen LogP contribution in [-0.4, -0.2) is 24.6 Å². The van der Waals surface area contributed by atoms with Crippen LogP contribution in [0.25, 0.3) is 0 Å². The van der Waals surface area contributed by atoms with Crippen LogP contribution >= 0.6 is 0 Å². The van der Waals surface area contributed by atoms with Gasteiger partial charge in [-0.3, -0.25) is 0 Å². The SMILES string of the molecule is NC1(Cc2ccccc2C2=NCCO2)CC1. The number of hydrogen-bond donors (Lipinski definition) is 1. The van der Waals surface area contributed by atoms with E-state index in [2.05, 4.69) is 23.2 Å². The Hall–Kier alpha value is -1.35. The molecule has 1 saturated carbocycles. The summed E-state index contributed by atoms with van der Waals surface area (Å²) in [6.45, 7) is 1.48. The lowest BCUT2D eigenvalue weighted by atomic mass is 9.99. The van der Waals surface area contributed by atoms with E-state index >= 15 is 0 Å². The Morgan fingerprint density at radius 3 is 2.81 bits per heavy atom. The fraction of sp³-hybridized carbons (Fsp3) is 0.462. The Kier molecular flexibility index (Phi) is 2.21. The van der Waals surface area contributed by atoms with Crippen LogP contribution in [0.1, 0.15) is 24.0 Å². The maximum atomic E-state index is 6.17. The van der Waals surface area contributed by atoms with Crippen molar-refractivity contribution in [1.82, 2.24) is 0 Å². The van der Waals surface area contributed by atoms with Crippen molar-refractivity contribution in [3.8, 4) is 0 Å². The first-order chi connectivity index (χ1) is 7.77. The van der Waals surface area contributed by atoms with Gasteiger partial charge in [0.15, 0.2) is 0 Å². The van der Waals surface area contributed by atoms with Gasteiger partial charge in [-0.15, -0.1) is 0 Å². The Bertz CT molecular complexity index is 435. The van der Waals surface area contributed by atoms with Gasteiger partial charge in [-0.2, -0.15) is 0 Å². The Balaban J connectivity index is 1.91. The molecule has 3 nitrogen and oxygen atoms in total. The summed E-state index contributed by atoms with van der Waals surface area (Å²) in [5.41, 5.74) is 8.59. The summed E-state index contributed by atoms with van der Waals surface area (Å²) >= 11 is 0. The summed E-state index contributed by atoms with van der Waals surface area (Å²) in [5.74, 6) is 0.792. The van der Waals surface area contributed by atoms with Gasteiger partial charge in [-0.1, -0.05) is 18.2 Å². The van der Waals surface area contributed by atoms with Crippen molar-refractivity contribution >= 4 is 5.90 Å². The summed E-state index contributed by atoms with van der Waals surface area (Å²) in [4.78, 5) is 4.37. The predicted molar refractivity (Wildman–Crippen MR) is 63.7 cm³/mol. The molecule has 0 amide bonds. The number of benzene rings is 1. The molecule has 0 aromatic heterocycles. The number of hydrogen-bond acceptors (Lipinski definition) is 3. The number of nitrogens with zero attached hydrogens (tertiary/aromatic N) is 1. The van der Waals surface area contributed by atoms with Gasteiger partial charge in [-0.05, 0) is 30.9 Å². The molecule has 16 heavy (non-hydrogen) atoms. The first kappa shape index (κ1) is 9.85. The highest BCUT2D eigenvalue weighted by Gasteiger charge is 2.38. The van der Waals surface area contributed by atoms with E-state index in [1.807, 2.05) is 6.07 Å². The molecule has 1 fully saturated rings. The third kappa shape index (κ3) is 1.83. The van der Waals surface area contributed by atoms with Crippen LogP contribution in [0.15, 0.2) is 29.3 Å². The summed E-state index contributed by atoms with van der Waals surface area (Å²) in [7, 11) is 0. The molecule has 0 spiro atoms. The smallest absolute Gasteiger partial charge is 0.216 e. The molecule has 1 aromatic carbocycles. The van der Waals surface area contributed by atoms with Gasteiger partial charge in [-0.25, -0.2) is 4.99 Å². The second kappa shape index (κ2) is 3.59. The van der Waals surface area contributed by atoms with E-state index in [4.69, 9.17) is 10.5 Å². The van der Waals surface area contributed by atoms with E-state index in [0.29, 0.717) is 6.61 Å². The van der Waals surface area contributed by atoms with Gasteiger partial charge in [0.2, 0.25) is 5.90 Å². The van der Waals surface area contributed by atoms with Gasteiger partial charge in [0, 0.05) is 11.1 Å². The van der Waals surface area contributed by atoms with Crippen LogP contribution in [0.2, 0.25) is 0 Å². The zero-order chi connectivity index (χ0) is 11.0. The molecule has 0 bridgehead atoms. The first-order valence-electron chi connectivity index (χ1n) is 5.81. The topological polar surface area (TPSA) is 47.6 Å². The highest BCUT2D eigenvalue weighted by atomic mass is 16.5. The van der Waals surface area contributed by atoms with E-state index in [1.165, 1.54) is 5.56 Å². The van der Waals surface area contributed by atoms with Crippen LogP contribution in [-0.2, 0) is 11.2 Å². The monoisotopic (exact) mass is 216 g/mol. The van der Waals surface area contributed by atoms with Crippen molar-refractivity contribution in [2.45, 2.75) is 24.8 Å². The highest BCUT2D eigenvalue weighted by molar-refractivity contribution is 5.96. The lowest BCUT2D eigenvalue weighted by molar-refractivity contribution is 0.348. The van der Waals surface area contributed by atoms with Gasteiger partial charge < -0.3 is 10.5 Å². The predicted octanol–water partition coefficient (Wildman–Crippen LogP) is 1.50. The molecular weight excluding hydrogens is 200 g/mol. The molecule has 2 aliphatic rings. The van der Waals surface area contributed by atoms with Crippen LogP contribution in [0.4, 0.5) is 0 Å². The molecule has 2 N–H and O–H groups in total. The average molecular weight is 216 g/mol. The van der Waals surface area contributed by atoms with Crippen molar-refractivity contribution in [2.24, 2.45) is 10.7 Å². The third-order valence-electron chi connectivity index (χ3n) is 3.27. The molecule has 0 atom stereocenters. The lowest BCUT2D eigenvalue weighted by Crippen LogP contribution is -2.25. The van der Waals surface area contributed by atoms with E-state index in [-0.39, 0.29) is 5.54 Å². The van der Waals surface area contributed by atoms with Crippen LogP contribution in [0.3, 0.4) is 0 Å². The Labute approximate surface area is 95.3 Å². The molecule has 3 rings (SSSR count). The maximum Gasteiger partial charge on any atom is 0.216 e. The minimum Gasteiger partial charge on any atom is -0.476 e. The van der Waals surface area contributed by atoms with Gasteiger partial charge >= 0.3 is 0 Å². The van der Waals surface area contributed by atoms with Crippen molar-refractivity contribution in [2.75, 3.05) is 13.2 Å². The van der Waals surface area contributed by atoms with E-state index < -0.39 is 0 Å². The Morgan fingerprint density at radius 1 is 1.31 bits per heavy atom. The lowest BCUT2D eigenvalue weighted by Gasteiger charge is -2.13. The number of ether oxygens (including phenoxy) is 1. The molecule has 1 aromatic rings. The van der Waals surface area contributed by atoms with Crippen LogP contribution in [0, 0.1) is 0 Å². The second-order valence-electron chi connectivity index (χ2n) is 4.73.